The molecule has 0 aliphatic heterocycles. The standard InChI is InChI=1S/C16H14BrN3/c17-12-5-7-15-14(9-12)19-16(18)20(15)13-6-4-10-2-1-3-11(10)8-13/h4-9H,1-3H2,(H2,18,19). The molecule has 4 rings (SSSR count). The van der Waals surface area contributed by atoms with Gasteiger partial charge >= 0.3 is 0 Å². The van der Waals surface area contributed by atoms with Crippen molar-refractivity contribution in [1.29, 1.82) is 0 Å². The van der Waals surface area contributed by atoms with Gasteiger partial charge in [-0.15, -0.1) is 0 Å². The Balaban J connectivity index is 1.96. The van der Waals surface area contributed by atoms with Crippen LogP contribution in [-0.4, -0.2) is 9.55 Å². The molecule has 0 fully saturated rings. The second kappa shape index (κ2) is 4.35. The molecular formula is C16H14BrN3. The van der Waals surface area contributed by atoms with E-state index in [1.165, 1.54) is 30.4 Å². The fourth-order valence-corrected chi connectivity index (χ4v) is 3.39. The average molecular weight is 328 g/mol. The molecule has 3 aromatic rings. The second-order valence-corrected chi connectivity index (χ2v) is 6.16. The number of anilines is 1. The number of rotatable bonds is 1. The Hall–Kier alpha value is -1.81. The normalized spacial score (nSPS) is 13.8. The monoisotopic (exact) mass is 327 g/mol. The van der Waals surface area contributed by atoms with E-state index in [1.807, 2.05) is 16.7 Å². The van der Waals surface area contributed by atoms with Gasteiger partial charge in [-0.1, -0.05) is 22.0 Å². The molecular weight excluding hydrogens is 314 g/mol. The van der Waals surface area contributed by atoms with Crippen LogP contribution in [0.2, 0.25) is 0 Å². The molecule has 2 N–H and O–H groups in total. The summed E-state index contributed by atoms with van der Waals surface area (Å²) < 4.78 is 3.05. The zero-order valence-corrected chi connectivity index (χ0v) is 12.5. The molecule has 0 bridgehead atoms. The Labute approximate surface area is 125 Å². The summed E-state index contributed by atoms with van der Waals surface area (Å²) in [5, 5.41) is 0. The topological polar surface area (TPSA) is 43.8 Å². The minimum atomic E-state index is 0.538. The quantitative estimate of drug-likeness (QED) is 0.737. The zero-order valence-electron chi connectivity index (χ0n) is 10.9. The smallest absolute Gasteiger partial charge is 0.205 e. The largest absolute Gasteiger partial charge is 0.369 e. The lowest BCUT2D eigenvalue weighted by Crippen LogP contribution is -2.01. The molecule has 0 saturated heterocycles. The van der Waals surface area contributed by atoms with E-state index in [4.69, 9.17) is 5.73 Å². The minimum absolute atomic E-state index is 0.538. The van der Waals surface area contributed by atoms with Gasteiger partial charge in [0.25, 0.3) is 0 Å². The number of aromatic nitrogens is 2. The van der Waals surface area contributed by atoms with Crippen molar-refractivity contribution in [1.82, 2.24) is 9.55 Å². The van der Waals surface area contributed by atoms with Crippen LogP contribution in [0.1, 0.15) is 17.5 Å². The predicted molar refractivity (Wildman–Crippen MR) is 85.2 cm³/mol. The lowest BCUT2D eigenvalue weighted by molar-refractivity contribution is 0.911. The van der Waals surface area contributed by atoms with Gasteiger partial charge in [0.2, 0.25) is 5.95 Å². The van der Waals surface area contributed by atoms with E-state index >= 15 is 0 Å². The molecule has 0 unspecified atom stereocenters. The van der Waals surface area contributed by atoms with Crippen LogP contribution in [0.25, 0.3) is 16.7 Å². The number of hydrogen-bond acceptors (Lipinski definition) is 2. The van der Waals surface area contributed by atoms with E-state index in [9.17, 15) is 0 Å². The van der Waals surface area contributed by atoms with Gasteiger partial charge in [0.15, 0.2) is 0 Å². The fraction of sp³-hybridized carbons (Fsp3) is 0.188. The zero-order chi connectivity index (χ0) is 13.7. The highest BCUT2D eigenvalue weighted by Crippen LogP contribution is 2.29. The van der Waals surface area contributed by atoms with Gasteiger partial charge in [0.1, 0.15) is 0 Å². The van der Waals surface area contributed by atoms with Crippen molar-refractivity contribution in [2.24, 2.45) is 0 Å². The molecule has 0 radical (unpaired) electrons. The first-order chi connectivity index (χ1) is 9.72. The fourth-order valence-electron chi connectivity index (χ4n) is 3.04. The molecule has 1 aliphatic carbocycles. The second-order valence-electron chi connectivity index (χ2n) is 5.25. The highest BCUT2D eigenvalue weighted by atomic mass is 79.9. The first-order valence-electron chi connectivity index (χ1n) is 6.78. The molecule has 2 aromatic carbocycles. The number of nitrogen functional groups attached to an aromatic ring is 1. The highest BCUT2D eigenvalue weighted by molar-refractivity contribution is 9.10. The average Bonchev–Trinajstić information content (AvgIpc) is 3.00. The first kappa shape index (κ1) is 12.0. The molecule has 20 heavy (non-hydrogen) atoms. The third-order valence-corrected chi connectivity index (χ3v) is 4.48. The Morgan fingerprint density at radius 1 is 1.05 bits per heavy atom. The number of fused-ring (bicyclic) bond motifs is 2. The molecule has 0 spiro atoms. The molecule has 4 heteroatoms. The number of aryl methyl sites for hydroxylation is 2. The summed E-state index contributed by atoms with van der Waals surface area (Å²) in [5.41, 5.74) is 12.1. The van der Waals surface area contributed by atoms with Gasteiger partial charge < -0.3 is 5.73 Å². The van der Waals surface area contributed by atoms with Crippen LogP contribution in [-0.2, 0) is 12.8 Å². The van der Waals surface area contributed by atoms with Crippen LogP contribution in [0.5, 0.6) is 0 Å². The molecule has 0 atom stereocenters. The van der Waals surface area contributed by atoms with E-state index in [0.29, 0.717) is 5.95 Å². The SMILES string of the molecule is Nc1nc2cc(Br)ccc2n1-c1ccc2c(c1)CCC2. The number of hydrogen-bond donors (Lipinski definition) is 1. The van der Waals surface area contributed by atoms with Crippen molar-refractivity contribution >= 4 is 32.9 Å². The van der Waals surface area contributed by atoms with Gasteiger partial charge in [0.05, 0.1) is 11.0 Å². The Morgan fingerprint density at radius 2 is 1.90 bits per heavy atom. The van der Waals surface area contributed by atoms with Crippen LogP contribution >= 0.6 is 15.9 Å². The van der Waals surface area contributed by atoms with Crippen molar-refractivity contribution in [2.45, 2.75) is 19.3 Å². The lowest BCUT2D eigenvalue weighted by Gasteiger charge is -2.09. The molecule has 1 aromatic heterocycles. The molecule has 1 heterocycles. The summed E-state index contributed by atoms with van der Waals surface area (Å²) >= 11 is 3.47. The predicted octanol–water partition coefficient (Wildman–Crippen LogP) is 3.86. The van der Waals surface area contributed by atoms with Gasteiger partial charge in [-0.25, -0.2) is 4.98 Å². The van der Waals surface area contributed by atoms with Gasteiger partial charge in [-0.05, 0) is 60.7 Å². The van der Waals surface area contributed by atoms with Crippen LogP contribution in [0.15, 0.2) is 40.9 Å². The van der Waals surface area contributed by atoms with E-state index in [1.54, 1.807) is 0 Å². The maximum absolute atomic E-state index is 6.12. The summed E-state index contributed by atoms with van der Waals surface area (Å²) in [6.45, 7) is 0. The van der Waals surface area contributed by atoms with Gasteiger partial charge in [0, 0.05) is 10.2 Å². The highest BCUT2D eigenvalue weighted by Gasteiger charge is 2.14. The summed E-state index contributed by atoms with van der Waals surface area (Å²) in [6, 6.07) is 12.7. The minimum Gasteiger partial charge on any atom is -0.369 e. The van der Waals surface area contributed by atoms with Crippen LogP contribution in [0.4, 0.5) is 5.95 Å². The van der Waals surface area contributed by atoms with Gasteiger partial charge in [-0.2, -0.15) is 0 Å². The van der Waals surface area contributed by atoms with E-state index in [-0.39, 0.29) is 0 Å². The lowest BCUT2D eigenvalue weighted by atomic mass is 10.1. The van der Waals surface area contributed by atoms with E-state index < -0.39 is 0 Å². The van der Waals surface area contributed by atoms with E-state index in [0.717, 1.165) is 21.2 Å². The summed E-state index contributed by atoms with van der Waals surface area (Å²) in [7, 11) is 0. The van der Waals surface area contributed by atoms with Crippen LogP contribution in [0.3, 0.4) is 0 Å². The Morgan fingerprint density at radius 3 is 2.80 bits per heavy atom. The number of nitrogens with two attached hydrogens (primary N) is 1. The summed E-state index contributed by atoms with van der Waals surface area (Å²) in [5.74, 6) is 0.538. The van der Waals surface area contributed by atoms with Gasteiger partial charge in [-0.3, -0.25) is 4.57 Å². The Bertz CT molecular complexity index is 820. The van der Waals surface area contributed by atoms with Crippen molar-refractivity contribution in [2.75, 3.05) is 5.73 Å². The molecule has 0 saturated carbocycles. The number of benzene rings is 2. The maximum atomic E-state index is 6.12. The van der Waals surface area contributed by atoms with Crippen molar-refractivity contribution in [3.05, 3.63) is 52.0 Å². The molecule has 100 valence electrons. The molecule has 0 amide bonds. The number of halogens is 1. The summed E-state index contributed by atoms with van der Waals surface area (Å²) in [4.78, 5) is 4.45. The maximum Gasteiger partial charge on any atom is 0.205 e. The molecule has 3 nitrogen and oxygen atoms in total. The first-order valence-corrected chi connectivity index (χ1v) is 7.57. The van der Waals surface area contributed by atoms with Crippen LogP contribution < -0.4 is 5.73 Å². The Kier molecular flexibility index (Phi) is 2.60. The number of imidazole rings is 1. The third kappa shape index (κ3) is 1.75. The van der Waals surface area contributed by atoms with Crippen molar-refractivity contribution < 1.29 is 0 Å². The van der Waals surface area contributed by atoms with Crippen molar-refractivity contribution in [3.63, 3.8) is 0 Å². The van der Waals surface area contributed by atoms with E-state index in [2.05, 4.69) is 45.2 Å². The molecule has 1 aliphatic rings. The van der Waals surface area contributed by atoms with Crippen molar-refractivity contribution in [3.8, 4) is 5.69 Å². The van der Waals surface area contributed by atoms with Crippen LogP contribution in [0, 0.1) is 0 Å². The third-order valence-electron chi connectivity index (χ3n) is 3.98. The number of nitrogens with zero attached hydrogens (tertiary/aromatic N) is 2. The summed E-state index contributed by atoms with van der Waals surface area (Å²) in [6.07, 6.45) is 3.62.